The summed E-state index contributed by atoms with van der Waals surface area (Å²) in [7, 11) is 1.66. The normalized spacial score (nSPS) is 20.2. The number of pyridine rings is 2. The minimum Gasteiger partial charge on any atom is -0.493 e. The SMILES string of the molecule is COc1ccccc1OCCN1C[C@@H]2C[C@H](C1)c1cc(-c3ccccn3)cc(=O)n1C2. The molecule has 6 heteroatoms. The molecule has 0 saturated carbocycles. The maximum Gasteiger partial charge on any atom is 0.251 e. The van der Waals surface area contributed by atoms with Crippen molar-refractivity contribution in [1.29, 1.82) is 0 Å². The molecule has 4 heterocycles. The van der Waals surface area contributed by atoms with Crippen LogP contribution in [0, 0.1) is 5.92 Å². The second kappa shape index (κ2) is 8.55. The summed E-state index contributed by atoms with van der Waals surface area (Å²) < 4.78 is 13.3. The molecule has 5 rings (SSSR count). The monoisotopic (exact) mass is 417 g/mol. The molecule has 2 bridgehead atoms. The van der Waals surface area contributed by atoms with Crippen molar-refractivity contribution in [2.24, 2.45) is 5.92 Å². The number of para-hydroxylation sites is 2. The number of aromatic nitrogens is 2. The molecule has 1 saturated heterocycles. The third-order valence-corrected chi connectivity index (χ3v) is 6.33. The van der Waals surface area contributed by atoms with Gasteiger partial charge in [0.05, 0.1) is 12.8 Å². The van der Waals surface area contributed by atoms with E-state index >= 15 is 0 Å². The number of piperidine rings is 1. The van der Waals surface area contributed by atoms with Crippen LogP contribution in [0.2, 0.25) is 0 Å². The molecule has 2 atom stereocenters. The van der Waals surface area contributed by atoms with Gasteiger partial charge in [0, 0.05) is 55.6 Å². The van der Waals surface area contributed by atoms with Crippen LogP contribution in [0.15, 0.2) is 65.6 Å². The van der Waals surface area contributed by atoms with Gasteiger partial charge in [-0.25, -0.2) is 0 Å². The van der Waals surface area contributed by atoms with Crippen molar-refractivity contribution in [2.45, 2.75) is 18.9 Å². The summed E-state index contributed by atoms with van der Waals surface area (Å²) in [5.74, 6) is 2.39. The van der Waals surface area contributed by atoms with Crippen LogP contribution in [-0.4, -0.2) is 47.8 Å². The summed E-state index contributed by atoms with van der Waals surface area (Å²) in [5.41, 5.74) is 2.98. The largest absolute Gasteiger partial charge is 0.493 e. The predicted octanol–water partition coefficient (Wildman–Crippen LogP) is 3.42. The number of likely N-dealkylation sites (tertiary alicyclic amines) is 1. The van der Waals surface area contributed by atoms with Crippen LogP contribution >= 0.6 is 0 Å². The Morgan fingerprint density at radius 2 is 1.87 bits per heavy atom. The lowest BCUT2D eigenvalue weighted by Gasteiger charge is -2.42. The summed E-state index contributed by atoms with van der Waals surface area (Å²) in [4.78, 5) is 19.7. The first kappa shape index (κ1) is 19.8. The summed E-state index contributed by atoms with van der Waals surface area (Å²) in [6.45, 7) is 4.20. The quantitative estimate of drug-likeness (QED) is 0.615. The van der Waals surface area contributed by atoms with Crippen LogP contribution in [0.1, 0.15) is 18.0 Å². The molecule has 0 amide bonds. The summed E-state index contributed by atoms with van der Waals surface area (Å²) in [6, 6.07) is 17.4. The highest BCUT2D eigenvalue weighted by atomic mass is 16.5. The maximum absolute atomic E-state index is 12.8. The van der Waals surface area contributed by atoms with Crippen LogP contribution in [-0.2, 0) is 6.54 Å². The molecule has 0 N–H and O–H groups in total. The lowest BCUT2D eigenvalue weighted by atomic mass is 9.82. The highest BCUT2D eigenvalue weighted by molar-refractivity contribution is 5.59. The number of nitrogens with zero attached hydrogens (tertiary/aromatic N) is 3. The van der Waals surface area contributed by atoms with Gasteiger partial charge in [-0.15, -0.1) is 0 Å². The van der Waals surface area contributed by atoms with Gasteiger partial charge in [-0.2, -0.15) is 0 Å². The molecule has 2 aliphatic rings. The Balaban J connectivity index is 1.30. The molecule has 0 spiro atoms. The third-order valence-electron chi connectivity index (χ3n) is 6.33. The van der Waals surface area contributed by atoms with Gasteiger partial charge in [0.25, 0.3) is 5.56 Å². The molecular weight excluding hydrogens is 390 g/mol. The van der Waals surface area contributed by atoms with E-state index in [1.54, 1.807) is 19.4 Å². The third kappa shape index (κ3) is 4.08. The molecule has 0 unspecified atom stereocenters. The van der Waals surface area contributed by atoms with Crippen molar-refractivity contribution in [2.75, 3.05) is 33.4 Å². The highest BCUT2D eigenvalue weighted by Crippen LogP contribution is 2.36. The topological polar surface area (TPSA) is 56.6 Å². The van der Waals surface area contributed by atoms with E-state index in [0.29, 0.717) is 18.4 Å². The van der Waals surface area contributed by atoms with Crippen LogP contribution in [0.3, 0.4) is 0 Å². The molecule has 1 fully saturated rings. The van der Waals surface area contributed by atoms with Crippen molar-refractivity contribution in [3.05, 3.63) is 76.8 Å². The standard InChI is InChI=1S/C25H27N3O3/c1-30-23-7-2-3-8-24(23)31-11-10-27-15-18-12-20(17-27)22-13-19(14-25(29)28(22)16-18)21-6-4-5-9-26-21/h2-9,13-14,18,20H,10-12,15-17H2,1H3/t18-,20+/m0/s1. The number of hydrogen-bond donors (Lipinski definition) is 0. The van der Waals surface area contributed by atoms with Gasteiger partial charge in [0.15, 0.2) is 11.5 Å². The van der Waals surface area contributed by atoms with Crippen molar-refractivity contribution < 1.29 is 9.47 Å². The lowest BCUT2D eigenvalue weighted by Crippen LogP contribution is -2.48. The van der Waals surface area contributed by atoms with Crippen LogP contribution < -0.4 is 15.0 Å². The fraction of sp³-hybridized carbons (Fsp3) is 0.360. The Morgan fingerprint density at radius 1 is 1.03 bits per heavy atom. The van der Waals surface area contributed by atoms with Gasteiger partial charge < -0.3 is 14.0 Å². The van der Waals surface area contributed by atoms with Crippen molar-refractivity contribution in [3.8, 4) is 22.8 Å². The van der Waals surface area contributed by atoms with Gasteiger partial charge in [-0.3, -0.25) is 14.7 Å². The average molecular weight is 418 g/mol. The lowest BCUT2D eigenvalue weighted by molar-refractivity contribution is 0.104. The number of hydrogen-bond acceptors (Lipinski definition) is 5. The van der Waals surface area contributed by atoms with Crippen molar-refractivity contribution in [3.63, 3.8) is 0 Å². The van der Waals surface area contributed by atoms with E-state index in [9.17, 15) is 4.79 Å². The number of rotatable bonds is 6. The second-order valence-electron chi connectivity index (χ2n) is 8.39. The number of fused-ring (bicyclic) bond motifs is 4. The molecule has 160 valence electrons. The fourth-order valence-electron chi connectivity index (χ4n) is 4.94. The predicted molar refractivity (Wildman–Crippen MR) is 120 cm³/mol. The van der Waals surface area contributed by atoms with E-state index in [1.165, 1.54) is 0 Å². The summed E-state index contributed by atoms with van der Waals surface area (Å²) in [6.07, 6.45) is 2.90. The molecule has 3 aromatic rings. The minimum absolute atomic E-state index is 0.0841. The van der Waals surface area contributed by atoms with Crippen molar-refractivity contribution in [1.82, 2.24) is 14.5 Å². The van der Waals surface area contributed by atoms with Gasteiger partial charge >= 0.3 is 0 Å². The van der Waals surface area contributed by atoms with E-state index in [1.807, 2.05) is 47.0 Å². The first-order valence-electron chi connectivity index (χ1n) is 10.9. The van der Waals surface area contributed by atoms with Crippen LogP contribution in [0.5, 0.6) is 11.5 Å². The maximum atomic E-state index is 12.8. The van der Waals surface area contributed by atoms with E-state index in [-0.39, 0.29) is 5.56 Å². The summed E-state index contributed by atoms with van der Waals surface area (Å²) >= 11 is 0. The van der Waals surface area contributed by atoms with E-state index in [2.05, 4.69) is 16.0 Å². The van der Waals surface area contributed by atoms with E-state index in [4.69, 9.17) is 9.47 Å². The van der Waals surface area contributed by atoms with Gasteiger partial charge in [0.2, 0.25) is 0 Å². The Morgan fingerprint density at radius 3 is 2.68 bits per heavy atom. The Kier molecular flexibility index (Phi) is 5.47. The molecule has 0 aliphatic carbocycles. The minimum atomic E-state index is 0.0841. The fourth-order valence-corrected chi connectivity index (χ4v) is 4.94. The zero-order chi connectivity index (χ0) is 21.2. The average Bonchev–Trinajstić information content (AvgIpc) is 2.80. The van der Waals surface area contributed by atoms with Gasteiger partial charge in [-0.1, -0.05) is 18.2 Å². The first-order valence-corrected chi connectivity index (χ1v) is 10.9. The zero-order valence-corrected chi connectivity index (χ0v) is 17.7. The summed E-state index contributed by atoms with van der Waals surface area (Å²) in [5, 5.41) is 0. The molecule has 1 aromatic carbocycles. The smallest absolute Gasteiger partial charge is 0.251 e. The molecule has 2 aliphatic heterocycles. The number of methoxy groups -OCH3 is 1. The van der Waals surface area contributed by atoms with Crippen molar-refractivity contribution >= 4 is 0 Å². The second-order valence-corrected chi connectivity index (χ2v) is 8.39. The zero-order valence-electron chi connectivity index (χ0n) is 17.7. The van der Waals surface area contributed by atoms with Crippen LogP contribution in [0.25, 0.3) is 11.3 Å². The van der Waals surface area contributed by atoms with Crippen LogP contribution in [0.4, 0.5) is 0 Å². The molecule has 6 nitrogen and oxygen atoms in total. The molecule has 31 heavy (non-hydrogen) atoms. The molecule has 0 radical (unpaired) electrons. The Hall–Kier alpha value is -3.12. The van der Waals surface area contributed by atoms with Gasteiger partial charge in [-0.05, 0) is 42.7 Å². The Bertz CT molecular complexity index is 1110. The first-order chi connectivity index (χ1) is 15.2. The Labute approximate surface area is 182 Å². The van der Waals surface area contributed by atoms with E-state index < -0.39 is 0 Å². The van der Waals surface area contributed by atoms with Gasteiger partial charge in [0.1, 0.15) is 6.61 Å². The number of ether oxygens (including phenoxy) is 2. The molecular formula is C25H27N3O3. The highest BCUT2D eigenvalue weighted by Gasteiger charge is 2.34. The van der Waals surface area contributed by atoms with E-state index in [0.717, 1.165) is 61.1 Å². The molecule has 2 aromatic heterocycles. The number of benzene rings is 1.